The molecule has 1 aliphatic rings. The maximum atomic E-state index is 13.3. The summed E-state index contributed by atoms with van der Waals surface area (Å²) in [6.45, 7) is 0.221. The van der Waals surface area contributed by atoms with E-state index in [1.54, 1.807) is 24.3 Å². The average Bonchev–Trinajstić information content (AvgIpc) is 3.05. The zero-order valence-corrected chi connectivity index (χ0v) is 18.9. The Morgan fingerprint density at radius 3 is 2.16 bits per heavy atom. The Hall–Kier alpha value is -2.39. The number of halogens is 1. The number of fused-ring (bicyclic) bond motifs is 1. The van der Waals surface area contributed by atoms with E-state index in [9.17, 15) is 16.8 Å². The van der Waals surface area contributed by atoms with Crippen LogP contribution in [-0.2, 0) is 32.8 Å². The highest BCUT2D eigenvalue weighted by Gasteiger charge is 2.45. The van der Waals surface area contributed by atoms with Gasteiger partial charge in [0.15, 0.2) is 19.7 Å². The Morgan fingerprint density at radius 2 is 1.55 bits per heavy atom. The van der Waals surface area contributed by atoms with Gasteiger partial charge in [0.1, 0.15) is 17.6 Å². The molecule has 0 saturated heterocycles. The zero-order chi connectivity index (χ0) is 21.4. The van der Waals surface area contributed by atoms with Gasteiger partial charge < -0.3 is 10.5 Å². The fraction of sp³-hybridized carbons (Fsp3) is 0.182. The normalized spacial score (nSPS) is 16.9. The third kappa shape index (κ3) is 4.34. The molecule has 6 nitrogen and oxygen atoms in total. The van der Waals surface area contributed by atoms with E-state index < -0.39 is 30.7 Å². The Kier molecular flexibility index (Phi) is 6.76. The van der Waals surface area contributed by atoms with Crippen molar-refractivity contribution in [2.75, 3.05) is 5.75 Å². The standard InChI is InChI=1S/C22H21NO5S2.ClH/c23-13-18-19(28-14-16-7-3-1-4-8-16)11-12-20-22(18)21(15-29(20,24)25)30(26,27)17-9-5-2-6-10-17;/h1-12,21H,13-15,23H2;1H. The van der Waals surface area contributed by atoms with Gasteiger partial charge in [-0.15, -0.1) is 12.4 Å². The van der Waals surface area contributed by atoms with Crippen molar-refractivity contribution in [3.63, 3.8) is 0 Å². The van der Waals surface area contributed by atoms with Gasteiger partial charge in [0.2, 0.25) is 0 Å². The summed E-state index contributed by atoms with van der Waals surface area (Å²) in [6.07, 6.45) is 0. The first-order valence-electron chi connectivity index (χ1n) is 9.39. The lowest BCUT2D eigenvalue weighted by atomic mass is 10.0. The van der Waals surface area contributed by atoms with Gasteiger partial charge in [-0.1, -0.05) is 48.5 Å². The van der Waals surface area contributed by atoms with Gasteiger partial charge in [-0.3, -0.25) is 0 Å². The quantitative estimate of drug-likeness (QED) is 0.580. The first kappa shape index (κ1) is 23.3. The minimum Gasteiger partial charge on any atom is -0.489 e. The molecule has 1 aliphatic heterocycles. The average molecular weight is 480 g/mol. The highest BCUT2D eigenvalue weighted by atomic mass is 35.5. The number of benzene rings is 3. The number of ether oxygens (including phenoxy) is 1. The zero-order valence-electron chi connectivity index (χ0n) is 16.5. The molecule has 0 radical (unpaired) electrons. The lowest BCUT2D eigenvalue weighted by molar-refractivity contribution is 0.302. The Bertz CT molecular complexity index is 1280. The summed E-state index contributed by atoms with van der Waals surface area (Å²) in [5, 5.41) is -1.22. The van der Waals surface area contributed by atoms with Gasteiger partial charge in [-0.2, -0.15) is 0 Å². The van der Waals surface area contributed by atoms with Crippen LogP contribution in [0.1, 0.15) is 21.9 Å². The highest BCUT2D eigenvalue weighted by Crippen LogP contribution is 2.45. The molecule has 9 heteroatoms. The summed E-state index contributed by atoms with van der Waals surface area (Å²) in [5.74, 6) is -0.111. The van der Waals surface area contributed by atoms with Crippen LogP contribution in [0.4, 0.5) is 0 Å². The minimum atomic E-state index is -3.93. The maximum absolute atomic E-state index is 13.3. The van der Waals surface area contributed by atoms with Crippen LogP contribution >= 0.6 is 12.4 Å². The lowest BCUT2D eigenvalue weighted by Gasteiger charge is -2.18. The molecule has 2 N–H and O–H groups in total. The summed E-state index contributed by atoms with van der Waals surface area (Å²) >= 11 is 0. The molecule has 0 amide bonds. The van der Waals surface area contributed by atoms with Crippen molar-refractivity contribution in [1.82, 2.24) is 0 Å². The smallest absolute Gasteiger partial charge is 0.186 e. The molecule has 1 unspecified atom stereocenters. The lowest BCUT2D eigenvalue weighted by Crippen LogP contribution is -2.18. The van der Waals surface area contributed by atoms with E-state index in [1.807, 2.05) is 30.3 Å². The topological polar surface area (TPSA) is 104 Å². The van der Waals surface area contributed by atoms with E-state index in [0.29, 0.717) is 11.3 Å². The SMILES string of the molecule is Cl.NCc1c(OCc2ccccc2)ccc2c1C(S(=O)(=O)c1ccccc1)CS2(=O)=O. The second kappa shape index (κ2) is 9.00. The number of rotatable bonds is 6. The monoisotopic (exact) mass is 479 g/mol. The van der Waals surface area contributed by atoms with E-state index in [2.05, 4.69) is 0 Å². The largest absolute Gasteiger partial charge is 0.489 e. The number of hydrogen-bond donors (Lipinski definition) is 1. The van der Waals surface area contributed by atoms with Crippen LogP contribution in [0.25, 0.3) is 0 Å². The van der Waals surface area contributed by atoms with Crippen LogP contribution in [0, 0.1) is 0 Å². The third-order valence-electron chi connectivity index (χ3n) is 5.19. The summed E-state index contributed by atoms with van der Waals surface area (Å²) < 4.78 is 58.0. The number of nitrogens with two attached hydrogens (primary N) is 1. The molecule has 164 valence electrons. The summed E-state index contributed by atoms with van der Waals surface area (Å²) in [5.41, 5.74) is 7.53. The van der Waals surface area contributed by atoms with Crippen molar-refractivity contribution in [2.45, 2.75) is 28.2 Å². The predicted octanol–water partition coefficient (Wildman–Crippen LogP) is 3.45. The van der Waals surface area contributed by atoms with Crippen LogP contribution < -0.4 is 10.5 Å². The summed E-state index contributed by atoms with van der Waals surface area (Å²) in [7, 11) is -7.68. The molecule has 3 aromatic carbocycles. The van der Waals surface area contributed by atoms with E-state index in [1.165, 1.54) is 18.2 Å². The van der Waals surface area contributed by atoms with Crippen molar-refractivity contribution in [3.05, 3.63) is 89.5 Å². The number of sulfone groups is 2. The third-order valence-corrected chi connectivity index (χ3v) is 9.28. The Balaban J connectivity index is 0.00000272. The first-order chi connectivity index (χ1) is 14.3. The van der Waals surface area contributed by atoms with Crippen LogP contribution in [0.2, 0.25) is 0 Å². The maximum Gasteiger partial charge on any atom is 0.186 e. The molecule has 0 fully saturated rings. The molecule has 0 saturated carbocycles. The molecular formula is C22H22ClNO5S2. The van der Waals surface area contributed by atoms with E-state index >= 15 is 0 Å². The fourth-order valence-electron chi connectivity index (χ4n) is 3.72. The van der Waals surface area contributed by atoms with Crippen LogP contribution in [0.5, 0.6) is 5.75 Å². The second-order valence-corrected chi connectivity index (χ2v) is 11.2. The second-order valence-electron chi connectivity index (χ2n) is 7.06. The minimum absolute atomic E-state index is 0. The molecule has 0 bridgehead atoms. The van der Waals surface area contributed by atoms with Gasteiger partial charge in [-0.25, -0.2) is 16.8 Å². The van der Waals surface area contributed by atoms with Gasteiger partial charge >= 0.3 is 0 Å². The van der Waals surface area contributed by atoms with Crippen molar-refractivity contribution < 1.29 is 21.6 Å². The molecule has 1 atom stereocenters. The molecule has 31 heavy (non-hydrogen) atoms. The van der Waals surface area contributed by atoms with Crippen molar-refractivity contribution in [2.24, 2.45) is 5.73 Å². The molecule has 0 aromatic heterocycles. The molecule has 3 aromatic rings. The first-order valence-corrected chi connectivity index (χ1v) is 12.6. The molecule has 1 heterocycles. The molecule has 0 spiro atoms. The Morgan fingerprint density at radius 1 is 0.935 bits per heavy atom. The van der Waals surface area contributed by atoms with Gasteiger partial charge in [-0.05, 0) is 35.4 Å². The van der Waals surface area contributed by atoms with Crippen molar-refractivity contribution in [3.8, 4) is 5.75 Å². The van der Waals surface area contributed by atoms with Gasteiger partial charge in [0.25, 0.3) is 0 Å². The summed E-state index contributed by atoms with van der Waals surface area (Å²) in [6, 6.07) is 20.3. The number of hydrogen-bond acceptors (Lipinski definition) is 6. The molecular weight excluding hydrogens is 458 g/mol. The summed E-state index contributed by atoms with van der Waals surface area (Å²) in [4.78, 5) is 0.0937. The van der Waals surface area contributed by atoms with Gasteiger partial charge in [0.05, 0.1) is 15.5 Å². The van der Waals surface area contributed by atoms with Crippen LogP contribution in [-0.4, -0.2) is 22.6 Å². The van der Waals surface area contributed by atoms with Crippen molar-refractivity contribution >= 4 is 32.1 Å². The molecule has 0 aliphatic carbocycles. The van der Waals surface area contributed by atoms with Gasteiger partial charge in [0, 0.05) is 12.1 Å². The Labute approximate surface area is 188 Å². The van der Waals surface area contributed by atoms with E-state index in [4.69, 9.17) is 10.5 Å². The molecule has 4 rings (SSSR count). The van der Waals surface area contributed by atoms with E-state index in [-0.39, 0.29) is 40.9 Å². The van der Waals surface area contributed by atoms with E-state index in [0.717, 1.165) is 5.56 Å². The predicted molar refractivity (Wildman–Crippen MR) is 121 cm³/mol. The van der Waals surface area contributed by atoms with Crippen LogP contribution in [0.15, 0.2) is 82.6 Å². The van der Waals surface area contributed by atoms with Crippen LogP contribution in [0.3, 0.4) is 0 Å². The highest BCUT2D eigenvalue weighted by molar-refractivity contribution is 7.96. The van der Waals surface area contributed by atoms with Crippen molar-refractivity contribution in [1.29, 1.82) is 0 Å². The fourth-order valence-corrected chi connectivity index (χ4v) is 8.11.